The summed E-state index contributed by atoms with van der Waals surface area (Å²) in [6.07, 6.45) is 4.61. The van der Waals surface area contributed by atoms with Crippen LogP contribution in [0.5, 0.6) is 5.75 Å². The minimum Gasteiger partial charge on any atom is -0.491 e. The Morgan fingerprint density at radius 2 is 2.00 bits per heavy atom. The molecule has 146 valence electrons. The van der Waals surface area contributed by atoms with Gasteiger partial charge in [0.15, 0.2) is 0 Å². The van der Waals surface area contributed by atoms with Crippen LogP contribution in [0.15, 0.2) is 18.2 Å². The summed E-state index contributed by atoms with van der Waals surface area (Å²) in [6.45, 7) is 4.80. The van der Waals surface area contributed by atoms with E-state index in [1.165, 1.54) is 24.0 Å². The van der Waals surface area contributed by atoms with Crippen molar-refractivity contribution in [2.75, 3.05) is 32.8 Å². The smallest absolute Gasteiger partial charge is 0.309 e. The van der Waals surface area contributed by atoms with Crippen molar-refractivity contribution >= 4 is 18.4 Å². The number of hydrogen-bond donors (Lipinski definition) is 1. The summed E-state index contributed by atoms with van der Waals surface area (Å²) in [5.41, 5.74) is 2.81. The van der Waals surface area contributed by atoms with E-state index in [0.29, 0.717) is 19.8 Å². The maximum absolute atomic E-state index is 11.8. The third-order valence-corrected chi connectivity index (χ3v) is 5.19. The highest BCUT2D eigenvalue weighted by molar-refractivity contribution is 5.85. The highest BCUT2D eigenvalue weighted by Crippen LogP contribution is 2.26. The summed E-state index contributed by atoms with van der Waals surface area (Å²) in [4.78, 5) is 14.0. The maximum Gasteiger partial charge on any atom is 0.309 e. The molecule has 1 aliphatic carbocycles. The van der Waals surface area contributed by atoms with Gasteiger partial charge in [-0.25, -0.2) is 0 Å². The molecule has 6 heteroatoms. The number of ether oxygens (including phenoxy) is 2. The highest BCUT2D eigenvalue weighted by Gasteiger charge is 2.26. The van der Waals surface area contributed by atoms with Crippen LogP contribution in [0.3, 0.4) is 0 Å². The standard InChI is InChI=1S/C20H29NO4.ClH/c1-2-24-20(23)16-8-10-21(11-9-16)13-18(22)14-25-19-7-6-15-4-3-5-17(15)12-19;/h6-7,12,16,18,22H,2-5,8-11,13-14H2,1H3;1H. The van der Waals surface area contributed by atoms with E-state index in [2.05, 4.69) is 17.0 Å². The Labute approximate surface area is 162 Å². The van der Waals surface area contributed by atoms with Crippen molar-refractivity contribution in [3.8, 4) is 5.75 Å². The molecule has 26 heavy (non-hydrogen) atoms. The maximum atomic E-state index is 11.8. The lowest BCUT2D eigenvalue weighted by atomic mass is 9.97. The Balaban J connectivity index is 0.00000243. The number of fused-ring (bicyclic) bond motifs is 1. The van der Waals surface area contributed by atoms with Crippen molar-refractivity contribution in [2.45, 2.75) is 45.1 Å². The van der Waals surface area contributed by atoms with E-state index in [9.17, 15) is 9.90 Å². The number of halogens is 1. The van der Waals surface area contributed by atoms with Gasteiger partial charge in [0.2, 0.25) is 0 Å². The fourth-order valence-corrected chi connectivity index (χ4v) is 3.79. The van der Waals surface area contributed by atoms with Crippen LogP contribution in [0.2, 0.25) is 0 Å². The van der Waals surface area contributed by atoms with Gasteiger partial charge in [0, 0.05) is 6.54 Å². The molecule has 1 aromatic carbocycles. The van der Waals surface area contributed by atoms with Crippen molar-refractivity contribution in [3.63, 3.8) is 0 Å². The molecule has 1 aromatic rings. The third-order valence-electron chi connectivity index (χ3n) is 5.19. The van der Waals surface area contributed by atoms with Crippen LogP contribution in [-0.2, 0) is 22.4 Å². The fourth-order valence-electron chi connectivity index (χ4n) is 3.79. The zero-order valence-electron chi connectivity index (χ0n) is 15.5. The third kappa shape index (κ3) is 5.60. The predicted octanol–water partition coefficient (Wildman–Crippen LogP) is 2.61. The van der Waals surface area contributed by atoms with Crippen LogP contribution in [0, 0.1) is 5.92 Å². The molecule has 1 saturated heterocycles. The second-order valence-electron chi connectivity index (χ2n) is 7.08. The molecule has 0 spiro atoms. The van der Waals surface area contributed by atoms with Gasteiger partial charge >= 0.3 is 5.97 Å². The van der Waals surface area contributed by atoms with E-state index < -0.39 is 6.10 Å². The molecule has 1 atom stereocenters. The molecule has 0 amide bonds. The molecule has 1 N–H and O–H groups in total. The number of aryl methyl sites for hydroxylation is 2. The van der Waals surface area contributed by atoms with Gasteiger partial charge in [-0.2, -0.15) is 0 Å². The number of carbonyl (C=O) groups excluding carboxylic acids is 1. The van der Waals surface area contributed by atoms with Crippen molar-refractivity contribution in [1.82, 2.24) is 4.90 Å². The summed E-state index contributed by atoms with van der Waals surface area (Å²) in [5.74, 6) is 0.777. The minimum absolute atomic E-state index is 0. The summed E-state index contributed by atoms with van der Waals surface area (Å²) in [5, 5.41) is 10.3. The Morgan fingerprint density at radius 3 is 2.73 bits per heavy atom. The number of aliphatic hydroxyl groups excluding tert-OH is 1. The SMILES string of the molecule is CCOC(=O)C1CCN(CC(O)COc2ccc3c(c2)CCC3)CC1.Cl. The molecule has 0 saturated carbocycles. The first-order chi connectivity index (χ1) is 12.2. The molecule has 5 nitrogen and oxygen atoms in total. The average Bonchev–Trinajstić information content (AvgIpc) is 3.08. The first-order valence-corrected chi connectivity index (χ1v) is 9.47. The Morgan fingerprint density at radius 1 is 1.27 bits per heavy atom. The van der Waals surface area contributed by atoms with Crippen LogP contribution in [0.25, 0.3) is 0 Å². The van der Waals surface area contributed by atoms with Crippen molar-refractivity contribution < 1.29 is 19.4 Å². The number of nitrogens with zero attached hydrogens (tertiary/aromatic N) is 1. The van der Waals surface area contributed by atoms with Crippen LogP contribution in [0.4, 0.5) is 0 Å². The topological polar surface area (TPSA) is 59.0 Å². The first kappa shape index (κ1) is 21.0. The van der Waals surface area contributed by atoms with Crippen molar-refractivity contribution in [1.29, 1.82) is 0 Å². The normalized spacial score (nSPS) is 18.7. The molecule has 1 unspecified atom stereocenters. The van der Waals surface area contributed by atoms with Gasteiger partial charge in [-0.1, -0.05) is 6.07 Å². The number of piperidine rings is 1. The Hall–Kier alpha value is -1.30. The van der Waals surface area contributed by atoms with Gasteiger partial charge < -0.3 is 19.5 Å². The molecule has 2 aliphatic rings. The van der Waals surface area contributed by atoms with Crippen LogP contribution in [-0.4, -0.2) is 54.9 Å². The zero-order chi connectivity index (χ0) is 17.6. The quantitative estimate of drug-likeness (QED) is 0.733. The number of rotatable bonds is 7. The lowest BCUT2D eigenvalue weighted by Crippen LogP contribution is -2.42. The Kier molecular flexibility index (Phi) is 8.19. The van der Waals surface area contributed by atoms with E-state index in [1.54, 1.807) is 0 Å². The number of β-amino-alcohol motifs (C(OH)–C–C–N with tert-alkyl or cyclic N) is 1. The minimum atomic E-state index is -0.521. The molecule has 0 aromatic heterocycles. The number of benzene rings is 1. The lowest BCUT2D eigenvalue weighted by molar-refractivity contribution is -0.149. The van der Waals surface area contributed by atoms with Crippen molar-refractivity contribution in [3.05, 3.63) is 29.3 Å². The largest absolute Gasteiger partial charge is 0.491 e. The fraction of sp³-hybridized carbons (Fsp3) is 0.650. The number of carbonyl (C=O) groups is 1. The molecule has 1 heterocycles. The molecular weight excluding hydrogens is 354 g/mol. The summed E-state index contributed by atoms with van der Waals surface area (Å²) in [7, 11) is 0. The average molecular weight is 384 g/mol. The van der Waals surface area contributed by atoms with Gasteiger partial charge in [-0.3, -0.25) is 4.79 Å². The molecule has 3 rings (SSSR count). The highest BCUT2D eigenvalue weighted by atomic mass is 35.5. The van der Waals surface area contributed by atoms with Crippen molar-refractivity contribution in [2.24, 2.45) is 5.92 Å². The summed E-state index contributed by atoms with van der Waals surface area (Å²) < 4.78 is 10.9. The lowest BCUT2D eigenvalue weighted by Gasteiger charge is -2.32. The molecular formula is C20H30ClNO4. The van der Waals surface area contributed by atoms with Crippen LogP contribution in [0.1, 0.15) is 37.3 Å². The molecule has 0 bridgehead atoms. The molecule has 0 radical (unpaired) electrons. The van der Waals surface area contributed by atoms with Gasteiger partial charge in [0.05, 0.1) is 12.5 Å². The Bertz CT molecular complexity index is 587. The second-order valence-corrected chi connectivity index (χ2v) is 7.08. The summed E-state index contributed by atoms with van der Waals surface area (Å²) >= 11 is 0. The first-order valence-electron chi connectivity index (χ1n) is 9.47. The number of aliphatic hydroxyl groups is 1. The van der Waals surface area contributed by atoms with E-state index in [-0.39, 0.29) is 24.3 Å². The monoisotopic (exact) mass is 383 g/mol. The van der Waals surface area contributed by atoms with Gasteiger partial charge in [0.25, 0.3) is 0 Å². The van der Waals surface area contributed by atoms with Crippen LogP contribution < -0.4 is 4.74 Å². The van der Waals surface area contributed by atoms with Crippen LogP contribution >= 0.6 is 12.4 Å². The zero-order valence-corrected chi connectivity index (χ0v) is 16.3. The van der Waals surface area contributed by atoms with Gasteiger partial charge in [-0.15, -0.1) is 12.4 Å². The predicted molar refractivity (Wildman–Crippen MR) is 103 cm³/mol. The number of esters is 1. The van der Waals surface area contributed by atoms with E-state index in [0.717, 1.165) is 38.1 Å². The molecule has 1 fully saturated rings. The van der Waals surface area contributed by atoms with E-state index in [1.807, 2.05) is 13.0 Å². The number of likely N-dealkylation sites (tertiary alicyclic amines) is 1. The van der Waals surface area contributed by atoms with Gasteiger partial charge in [-0.05, 0) is 75.4 Å². The van der Waals surface area contributed by atoms with E-state index in [4.69, 9.17) is 9.47 Å². The molecule has 1 aliphatic heterocycles. The number of hydrogen-bond acceptors (Lipinski definition) is 5. The second kappa shape index (κ2) is 10.1. The van der Waals surface area contributed by atoms with E-state index >= 15 is 0 Å². The van der Waals surface area contributed by atoms with Gasteiger partial charge in [0.1, 0.15) is 18.5 Å². The summed E-state index contributed by atoms with van der Waals surface area (Å²) in [6, 6.07) is 6.26.